The summed E-state index contributed by atoms with van der Waals surface area (Å²) in [4.78, 5) is 14.2. The minimum atomic E-state index is -1.18. The van der Waals surface area contributed by atoms with Gasteiger partial charge in [-0.15, -0.1) is 0 Å². The molecule has 1 rings (SSSR count). The molecule has 0 heterocycles. The van der Waals surface area contributed by atoms with Crippen LogP contribution in [0.5, 0.6) is 5.75 Å². The quantitative estimate of drug-likeness (QED) is 0.370. The van der Waals surface area contributed by atoms with Crippen molar-refractivity contribution in [2.24, 2.45) is 4.99 Å². The minimum Gasteiger partial charge on any atom is -0.493 e. The molecule has 0 fully saturated rings. The number of rotatable bonds is 6. The first-order valence-corrected chi connectivity index (χ1v) is 5.48. The molecule has 0 aromatic heterocycles. The Hall–Kier alpha value is -2.56. The summed E-state index contributed by atoms with van der Waals surface area (Å²) in [5.41, 5.74) is -0.215. The van der Waals surface area contributed by atoms with Gasteiger partial charge in [-0.05, 0) is 25.8 Å². The highest BCUT2D eigenvalue weighted by molar-refractivity contribution is 5.87. The zero-order chi connectivity index (χ0) is 14.3. The predicted molar refractivity (Wildman–Crippen MR) is 72.0 cm³/mol. The molecular weight excluding hydrogens is 246 g/mol. The number of nitrogens with zero attached hydrogens (tertiary/aromatic N) is 1. The minimum absolute atomic E-state index is 0.215. The maximum atomic E-state index is 10.8. The van der Waals surface area contributed by atoms with Gasteiger partial charge in [0.25, 0.3) is 0 Å². The second-order valence-electron chi connectivity index (χ2n) is 3.53. The molecule has 0 radical (unpaired) electrons. The number of allylic oxidation sites excluding steroid dienone is 2. The Bertz CT molecular complexity index is 518. The van der Waals surface area contributed by atoms with Crippen molar-refractivity contribution in [3.63, 3.8) is 0 Å². The van der Waals surface area contributed by atoms with Crippen LogP contribution in [0.15, 0.2) is 58.6 Å². The van der Waals surface area contributed by atoms with Crippen LogP contribution in [-0.4, -0.2) is 24.9 Å². The van der Waals surface area contributed by atoms with Gasteiger partial charge in [0.1, 0.15) is 11.5 Å². The number of ether oxygens (including phenoxy) is 2. The highest BCUT2D eigenvalue weighted by atomic mass is 16.5. The number of carboxylic acid groups (broad SMARTS) is 1. The van der Waals surface area contributed by atoms with Crippen LogP contribution in [0.1, 0.15) is 6.92 Å². The lowest BCUT2D eigenvalue weighted by atomic mass is 10.3. The number of carboxylic acids is 1. The van der Waals surface area contributed by atoms with Gasteiger partial charge in [0.05, 0.1) is 7.11 Å². The Morgan fingerprint density at radius 1 is 1.37 bits per heavy atom. The summed E-state index contributed by atoms with van der Waals surface area (Å²) < 4.78 is 10.6. The molecule has 0 saturated carbocycles. The van der Waals surface area contributed by atoms with E-state index in [9.17, 15) is 4.79 Å². The van der Waals surface area contributed by atoms with E-state index in [0.717, 1.165) is 0 Å². The standard InChI is InChI=1S/C14H15NO4/c1-10(19-11-7-5-4-6-8-11)13(18-3)9-12(15-2)14(16)17/h4-9H,2H2,1,3H3,(H,16,17)/b12-9-,13-10-. The molecule has 0 spiro atoms. The average molecular weight is 261 g/mol. The van der Waals surface area contributed by atoms with Crippen LogP contribution in [0.4, 0.5) is 0 Å². The lowest BCUT2D eigenvalue weighted by molar-refractivity contribution is -0.132. The largest absolute Gasteiger partial charge is 0.493 e. The predicted octanol–water partition coefficient (Wildman–Crippen LogP) is 2.61. The number of hydrogen-bond donors (Lipinski definition) is 1. The van der Waals surface area contributed by atoms with E-state index in [1.165, 1.54) is 13.2 Å². The molecule has 0 bridgehead atoms. The number of hydrogen-bond acceptors (Lipinski definition) is 4. The fourth-order valence-corrected chi connectivity index (χ4v) is 1.32. The second-order valence-corrected chi connectivity index (χ2v) is 3.53. The fourth-order valence-electron chi connectivity index (χ4n) is 1.32. The first kappa shape index (κ1) is 14.5. The third kappa shape index (κ3) is 4.31. The molecule has 1 aromatic carbocycles. The SMILES string of the molecule is C=N/C(=C\C(OC)=C(/C)Oc1ccccc1)C(=O)O. The summed E-state index contributed by atoms with van der Waals surface area (Å²) in [7, 11) is 1.42. The van der Waals surface area contributed by atoms with Gasteiger partial charge >= 0.3 is 5.97 Å². The van der Waals surface area contributed by atoms with Crippen LogP contribution in [0.25, 0.3) is 0 Å². The van der Waals surface area contributed by atoms with Crippen molar-refractivity contribution < 1.29 is 19.4 Å². The van der Waals surface area contributed by atoms with Crippen LogP contribution in [0, 0.1) is 0 Å². The van der Waals surface area contributed by atoms with Crippen LogP contribution in [0.2, 0.25) is 0 Å². The number of aliphatic imine (C=N–C) groups is 1. The maximum Gasteiger partial charge on any atom is 0.354 e. The highest BCUT2D eigenvalue weighted by Gasteiger charge is 2.09. The van der Waals surface area contributed by atoms with Crippen LogP contribution in [-0.2, 0) is 9.53 Å². The summed E-state index contributed by atoms with van der Waals surface area (Å²) >= 11 is 0. The molecule has 0 aliphatic carbocycles. The summed E-state index contributed by atoms with van der Waals surface area (Å²) in [6.07, 6.45) is 1.26. The Morgan fingerprint density at radius 2 is 2.00 bits per heavy atom. The van der Waals surface area contributed by atoms with Crippen molar-refractivity contribution in [1.82, 2.24) is 0 Å². The van der Waals surface area contributed by atoms with Crippen LogP contribution < -0.4 is 4.74 Å². The smallest absolute Gasteiger partial charge is 0.354 e. The number of benzene rings is 1. The summed E-state index contributed by atoms with van der Waals surface area (Å²) in [6.45, 7) is 4.87. The van der Waals surface area contributed by atoms with E-state index in [2.05, 4.69) is 11.7 Å². The van der Waals surface area contributed by atoms with Crippen molar-refractivity contribution in [3.05, 3.63) is 53.6 Å². The van der Waals surface area contributed by atoms with E-state index < -0.39 is 5.97 Å². The van der Waals surface area contributed by atoms with Gasteiger partial charge in [-0.3, -0.25) is 4.99 Å². The molecule has 5 heteroatoms. The van der Waals surface area contributed by atoms with Crippen molar-refractivity contribution in [2.75, 3.05) is 7.11 Å². The van der Waals surface area contributed by atoms with Crippen molar-refractivity contribution in [1.29, 1.82) is 0 Å². The van der Waals surface area contributed by atoms with Gasteiger partial charge < -0.3 is 14.6 Å². The normalized spacial score (nSPS) is 12.4. The zero-order valence-electron chi connectivity index (χ0n) is 10.8. The summed E-state index contributed by atoms with van der Waals surface area (Å²) in [5.74, 6) is 0.146. The summed E-state index contributed by atoms with van der Waals surface area (Å²) in [6, 6.07) is 9.10. The topological polar surface area (TPSA) is 68.1 Å². The van der Waals surface area contributed by atoms with Crippen molar-refractivity contribution in [2.45, 2.75) is 6.92 Å². The van der Waals surface area contributed by atoms with Gasteiger partial charge in [0.15, 0.2) is 11.5 Å². The Labute approximate surface area is 111 Å². The molecule has 5 nitrogen and oxygen atoms in total. The fraction of sp³-hybridized carbons (Fsp3) is 0.143. The first-order valence-electron chi connectivity index (χ1n) is 5.48. The number of aliphatic carboxylic acids is 1. The molecule has 19 heavy (non-hydrogen) atoms. The lowest BCUT2D eigenvalue weighted by Gasteiger charge is -2.09. The van der Waals surface area contributed by atoms with E-state index >= 15 is 0 Å². The first-order chi connectivity index (χ1) is 9.08. The maximum absolute atomic E-state index is 10.8. The summed E-state index contributed by atoms with van der Waals surface area (Å²) in [5, 5.41) is 8.87. The lowest BCUT2D eigenvalue weighted by Crippen LogP contribution is -2.02. The van der Waals surface area contributed by atoms with Gasteiger partial charge in [0.2, 0.25) is 0 Å². The monoisotopic (exact) mass is 261 g/mol. The highest BCUT2D eigenvalue weighted by Crippen LogP contribution is 2.17. The number of methoxy groups -OCH3 is 1. The molecule has 100 valence electrons. The van der Waals surface area contributed by atoms with Gasteiger partial charge in [-0.1, -0.05) is 18.2 Å². The van der Waals surface area contributed by atoms with E-state index in [1.807, 2.05) is 18.2 Å². The van der Waals surface area contributed by atoms with Crippen LogP contribution in [0.3, 0.4) is 0 Å². The van der Waals surface area contributed by atoms with Gasteiger partial charge in [0, 0.05) is 6.08 Å². The van der Waals surface area contributed by atoms with Crippen molar-refractivity contribution in [3.8, 4) is 5.75 Å². The van der Waals surface area contributed by atoms with Gasteiger partial charge in [-0.2, -0.15) is 0 Å². The van der Waals surface area contributed by atoms with Gasteiger partial charge in [-0.25, -0.2) is 4.79 Å². The third-order valence-electron chi connectivity index (χ3n) is 2.24. The Kier molecular flexibility index (Phi) is 5.35. The Balaban J connectivity index is 3.02. The van der Waals surface area contributed by atoms with E-state index in [0.29, 0.717) is 11.5 Å². The van der Waals surface area contributed by atoms with Crippen LogP contribution >= 0.6 is 0 Å². The van der Waals surface area contributed by atoms with Crippen molar-refractivity contribution >= 4 is 12.7 Å². The zero-order valence-corrected chi connectivity index (χ0v) is 10.8. The molecule has 0 saturated heterocycles. The number of para-hydroxylation sites is 1. The molecule has 0 aliphatic rings. The van der Waals surface area contributed by atoms with E-state index in [-0.39, 0.29) is 11.5 Å². The molecule has 0 atom stereocenters. The molecular formula is C14H15NO4. The molecule has 1 N–H and O–H groups in total. The van der Waals surface area contributed by atoms with E-state index in [1.54, 1.807) is 19.1 Å². The molecule has 1 aromatic rings. The third-order valence-corrected chi connectivity index (χ3v) is 2.24. The van der Waals surface area contributed by atoms with E-state index in [4.69, 9.17) is 14.6 Å². The molecule has 0 unspecified atom stereocenters. The molecule has 0 aliphatic heterocycles. The second kappa shape index (κ2) is 7.00. The Morgan fingerprint density at radius 3 is 2.47 bits per heavy atom. The molecule has 0 amide bonds. The number of carbonyl (C=O) groups is 1. The average Bonchev–Trinajstić information content (AvgIpc) is 2.40.